The fourth-order valence-electron chi connectivity index (χ4n) is 2.78. The van der Waals surface area contributed by atoms with Gasteiger partial charge in [-0.25, -0.2) is 0 Å². The van der Waals surface area contributed by atoms with E-state index in [2.05, 4.69) is 16.7 Å². The molecule has 0 aliphatic heterocycles. The van der Waals surface area contributed by atoms with Crippen LogP contribution in [0.3, 0.4) is 0 Å². The lowest BCUT2D eigenvalue weighted by Gasteiger charge is -2.13. The van der Waals surface area contributed by atoms with E-state index in [0.717, 1.165) is 25.1 Å². The molecule has 0 unspecified atom stereocenters. The SMILES string of the molecule is COc1ccc(CCNC(=O)CNCCC2=CCCCC2)cc1. The number of carbonyl (C=O) groups excluding carboxylic acids is 1. The number of nitrogens with one attached hydrogen (secondary N) is 2. The van der Waals surface area contributed by atoms with Crippen molar-refractivity contribution in [2.45, 2.75) is 38.5 Å². The maximum atomic E-state index is 11.8. The zero-order valence-corrected chi connectivity index (χ0v) is 14.1. The smallest absolute Gasteiger partial charge is 0.233 e. The topological polar surface area (TPSA) is 50.4 Å². The molecule has 23 heavy (non-hydrogen) atoms. The van der Waals surface area contributed by atoms with Crippen molar-refractivity contribution in [2.75, 3.05) is 26.7 Å². The Labute approximate surface area is 139 Å². The van der Waals surface area contributed by atoms with Crippen molar-refractivity contribution in [2.24, 2.45) is 0 Å². The van der Waals surface area contributed by atoms with Crippen molar-refractivity contribution < 1.29 is 9.53 Å². The second-order valence-corrected chi connectivity index (χ2v) is 5.98. The molecular weight excluding hydrogens is 288 g/mol. The molecule has 4 nitrogen and oxygen atoms in total. The molecule has 0 atom stereocenters. The summed E-state index contributed by atoms with van der Waals surface area (Å²) >= 11 is 0. The van der Waals surface area contributed by atoms with Crippen molar-refractivity contribution in [3.8, 4) is 5.75 Å². The van der Waals surface area contributed by atoms with Gasteiger partial charge in [0.2, 0.25) is 5.91 Å². The summed E-state index contributed by atoms with van der Waals surface area (Å²) in [4.78, 5) is 11.8. The number of ether oxygens (including phenoxy) is 1. The van der Waals surface area contributed by atoms with E-state index in [-0.39, 0.29) is 5.91 Å². The lowest BCUT2D eigenvalue weighted by molar-refractivity contribution is -0.120. The van der Waals surface area contributed by atoms with Gasteiger partial charge < -0.3 is 15.4 Å². The first kappa shape index (κ1) is 17.5. The number of amides is 1. The lowest BCUT2D eigenvalue weighted by Crippen LogP contribution is -2.35. The van der Waals surface area contributed by atoms with Crippen LogP contribution in [0.5, 0.6) is 5.75 Å². The molecule has 0 radical (unpaired) electrons. The van der Waals surface area contributed by atoms with Crippen LogP contribution in [0.15, 0.2) is 35.9 Å². The molecule has 4 heteroatoms. The highest BCUT2D eigenvalue weighted by molar-refractivity contribution is 5.77. The highest BCUT2D eigenvalue weighted by Crippen LogP contribution is 2.19. The number of allylic oxidation sites excluding steroid dienone is 1. The predicted octanol–water partition coefficient (Wildman–Crippen LogP) is 2.83. The largest absolute Gasteiger partial charge is 0.497 e. The molecule has 126 valence electrons. The fourth-order valence-corrected chi connectivity index (χ4v) is 2.78. The van der Waals surface area contributed by atoms with E-state index in [0.29, 0.717) is 13.1 Å². The van der Waals surface area contributed by atoms with Gasteiger partial charge in [0, 0.05) is 6.54 Å². The Morgan fingerprint density at radius 2 is 1.96 bits per heavy atom. The molecular formula is C19H28N2O2. The third kappa shape index (κ3) is 6.87. The Hall–Kier alpha value is -1.81. The van der Waals surface area contributed by atoms with Gasteiger partial charge in [-0.2, -0.15) is 0 Å². The number of hydrogen-bond donors (Lipinski definition) is 2. The zero-order valence-electron chi connectivity index (χ0n) is 14.1. The van der Waals surface area contributed by atoms with Crippen LogP contribution in [0.25, 0.3) is 0 Å². The molecule has 1 amide bonds. The molecule has 1 aliphatic rings. The van der Waals surface area contributed by atoms with Gasteiger partial charge in [0.25, 0.3) is 0 Å². The number of benzene rings is 1. The van der Waals surface area contributed by atoms with Gasteiger partial charge in [0.15, 0.2) is 0 Å². The van der Waals surface area contributed by atoms with E-state index in [9.17, 15) is 4.79 Å². The van der Waals surface area contributed by atoms with Crippen LogP contribution in [0, 0.1) is 0 Å². The summed E-state index contributed by atoms with van der Waals surface area (Å²) in [5.41, 5.74) is 2.74. The molecule has 0 aromatic heterocycles. The maximum absolute atomic E-state index is 11.8. The number of hydrogen-bond acceptors (Lipinski definition) is 3. The average molecular weight is 316 g/mol. The van der Waals surface area contributed by atoms with Crippen LogP contribution < -0.4 is 15.4 Å². The average Bonchev–Trinajstić information content (AvgIpc) is 2.60. The third-order valence-electron chi connectivity index (χ3n) is 4.19. The van der Waals surface area contributed by atoms with Crippen LogP contribution >= 0.6 is 0 Å². The Morgan fingerprint density at radius 3 is 2.65 bits per heavy atom. The van der Waals surface area contributed by atoms with Gasteiger partial charge in [-0.05, 0) is 62.8 Å². The number of rotatable bonds is 9. The van der Waals surface area contributed by atoms with Crippen LogP contribution in [0.4, 0.5) is 0 Å². The molecule has 0 heterocycles. The normalized spacial score (nSPS) is 14.2. The first-order chi connectivity index (χ1) is 11.3. The molecule has 1 aromatic rings. The first-order valence-electron chi connectivity index (χ1n) is 8.56. The van der Waals surface area contributed by atoms with Crippen LogP contribution in [0.1, 0.15) is 37.7 Å². The summed E-state index contributed by atoms with van der Waals surface area (Å²) in [6.07, 6.45) is 9.37. The summed E-state index contributed by atoms with van der Waals surface area (Å²) in [5.74, 6) is 0.922. The van der Waals surface area contributed by atoms with Gasteiger partial charge in [-0.15, -0.1) is 0 Å². The van der Waals surface area contributed by atoms with Gasteiger partial charge in [0.1, 0.15) is 5.75 Å². The van der Waals surface area contributed by atoms with Crippen molar-refractivity contribution >= 4 is 5.91 Å². The summed E-state index contributed by atoms with van der Waals surface area (Å²) in [6.45, 7) is 1.95. The van der Waals surface area contributed by atoms with E-state index in [1.807, 2.05) is 24.3 Å². The summed E-state index contributed by atoms with van der Waals surface area (Å²) in [5, 5.41) is 6.18. The second kappa shape index (κ2) is 10.1. The summed E-state index contributed by atoms with van der Waals surface area (Å²) < 4.78 is 5.13. The minimum atomic E-state index is 0.0659. The summed E-state index contributed by atoms with van der Waals surface area (Å²) in [7, 11) is 1.66. The molecule has 0 saturated heterocycles. The molecule has 2 N–H and O–H groups in total. The number of methoxy groups -OCH3 is 1. The van der Waals surface area contributed by atoms with Gasteiger partial charge >= 0.3 is 0 Å². The van der Waals surface area contributed by atoms with E-state index in [1.165, 1.54) is 31.2 Å². The zero-order chi connectivity index (χ0) is 16.3. The standard InChI is InChI=1S/C19H28N2O2/c1-23-18-9-7-17(8-10-18)12-14-21-19(22)15-20-13-11-16-5-3-2-4-6-16/h5,7-10,20H,2-4,6,11-15H2,1H3,(H,21,22). The number of carbonyl (C=O) groups is 1. The van der Waals surface area contributed by atoms with Crippen molar-refractivity contribution in [3.63, 3.8) is 0 Å². The third-order valence-corrected chi connectivity index (χ3v) is 4.19. The van der Waals surface area contributed by atoms with Crippen molar-refractivity contribution in [1.82, 2.24) is 10.6 Å². The Morgan fingerprint density at radius 1 is 1.13 bits per heavy atom. The maximum Gasteiger partial charge on any atom is 0.233 e. The van der Waals surface area contributed by atoms with Crippen LogP contribution in [-0.4, -0.2) is 32.7 Å². The Balaban J connectivity index is 1.53. The highest BCUT2D eigenvalue weighted by atomic mass is 16.5. The molecule has 0 spiro atoms. The monoisotopic (exact) mass is 316 g/mol. The Kier molecular flexibility index (Phi) is 7.67. The minimum absolute atomic E-state index is 0.0659. The predicted molar refractivity (Wildman–Crippen MR) is 93.7 cm³/mol. The molecule has 0 bridgehead atoms. The highest BCUT2D eigenvalue weighted by Gasteiger charge is 2.04. The molecule has 0 fully saturated rings. The fraction of sp³-hybridized carbons (Fsp3) is 0.526. The van der Waals surface area contributed by atoms with Crippen molar-refractivity contribution in [1.29, 1.82) is 0 Å². The molecule has 0 saturated carbocycles. The minimum Gasteiger partial charge on any atom is -0.497 e. The lowest BCUT2D eigenvalue weighted by atomic mass is 9.97. The van der Waals surface area contributed by atoms with Gasteiger partial charge in [0.05, 0.1) is 13.7 Å². The van der Waals surface area contributed by atoms with Crippen LogP contribution in [0.2, 0.25) is 0 Å². The Bertz CT molecular complexity index is 509. The summed E-state index contributed by atoms with van der Waals surface area (Å²) in [6, 6.07) is 7.94. The van der Waals surface area contributed by atoms with Gasteiger partial charge in [-0.3, -0.25) is 4.79 Å². The first-order valence-corrected chi connectivity index (χ1v) is 8.56. The second-order valence-electron chi connectivity index (χ2n) is 5.98. The van der Waals surface area contributed by atoms with E-state index < -0.39 is 0 Å². The van der Waals surface area contributed by atoms with Crippen LogP contribution in [-0.2, 0) is 11.2 Å². The quantitative estimate of drug-likeness (QED) is 0.544. The van der Waals surface area contributed by atoms with E-state index >= 15 is 0 Å². The molecule has 1 aliphatic carbocycles. The molecule has 1 aromatic carbocycles. The van der Waals surface area contributed by atoms with Crippen molar-refractivity contribution in [3.05, 3.63) is 41.5 Å². The molecule has 2 rings (SSSR count). The van der Waals surface area contributed by atoms with Gasteiger partial charge in [-0.1, -0.05) is 23.8 Å². The van der Waals surface area contributed by atoms with E-state index in [4.69, 9.17) is 4.74 Å². The van der Waals surface area contributed by atoms with E-state index in [1.54, 1.807) is 12.7 Å².